The number of nitrogens with zero attached hydrogens (tertiary/aromatic N) is 1. The van der Waals surface area contributed by atoms with Gasteiger partial charge in [0.1, 0.15) is 5.69 Å². The number of ketones is 1. The van der Waals surface area contributed by atoms with E-state index in [9.17, 15) is 4.79 Å². The fourth-order valence-electron chi connectivity index (χ4n) is 2.25. The first kappa shape index (κ1) is 15.3. The van der Waals surface area contributed by atoms with Crippen molar-refractivity contribution in [2.75, 3.05) is 0 Å². The Bertz CT molecular complexity index is 705. The van der Waals surface area contributed by atoms with Crippen LogP contribution in [0.5, 0.6) is 0 Å². The first-order chi connectivity index (χ1) is 9.45. The first-order valence-electron chi connectivity index (χ1n) is 6.21. The zero-order chi connectivity index (χ0) is 14.9. The van der Waals surface area contributed by atoms with Crippen LogP contribution >= 0.6 is 35.4 Å². The quantitative estimate of drug-likeness (QED) is 0.629. The summed E-state index contributed by atoms with van der Waals surface area (Å²) in [4.78, 5) is 14.6. The molecule has 0 fully saturated rings. The number of aromatic amines is 1. The van der Waals surface area contributed by atoms with Gasteiger partial charge in [-0.25, -0.2) is 0 Å². The molecule has 0 bridgehead atoms. The van der Waals surface area contributed by atoms with Crippen molar-refractivity contribution < 1.29 is 4.79 Å². The van der Waals surface area contributed by atoms with Gasteiger partial charge in [-0.3, -0.25) is 4.79 Å². The molecule has 0 amide bonds. The lowest BCUT2D eigenvalue weighted by atomic mass is 10.0. The summed E-state index contributed by atoms with van der Waals surface area (Å²) in [5.41, 5.74) is 1.54. The maximum absolute atomic E-state index is 11.7. The van der Waals surface area contributed by atoms with Crippen LogP contribution in [0.1, 0.15) is 42.4 Å². The molecule has 0 radical (unpaired) electrons. The Morgan fingerprint density at radius 2 is 2.10 bits per heavy atom. The smallest absolute Gasteiger partial charge is 0.178 e. The van der Waals surface area contributed by atoms with E-state index in [4.69, 9.17) is 35.4 Å². The van der Waals surface area contributed by atoms with E-state index in [1.165, 1.54) is 6.92 Å². The summed E-state index contributed by atoms with van der Waals surface area (Å²) in [6.07, 6.45) is 2.43. The van der Waals surface area contributed by atoms with Crippen molar-refractivity contribution in [3.8, 4) is 0 Å². The average molecular weight is 329 g/mol. The second-order valence-corrected chi connectivity index (χ2v) is 5.70. The molecule has 0 saturated heterocycles. The molecule has 6 heteroatoms. The molecular weight excluding hydrogens is 315 g/mol. The molecule has 1 heterocycles. The topological polar surface area (TPSA) is 37.8 Å². The number of aromatic nitrogens is 2. The standard InChI is InChI=1S/C14H14Cl2N2OS/c1-3-12(9-4-5-10(15)11(16)6-9)18-13(8(2)19)7-17-14(18)20/h4-7,12H,3H2,1-2H3,(H,17,20). The summed E-state index contributed by atoms with van der Waals surface area (Å²) in [5.74, 6) is -0.0316. The maximum Gasteiger partial charge on any atom is 0.178 e. The normalized spacial score (nSPS) is 12.4. The predicted molar refractivity (Wildman–Crippen MR) is 84.5 cm³/mol. The molecule has 1 aromatic carbocycles. The largest absolute Gasteiger partial charge is 0.337 e. The van der Waals surface area contributed by atoms with E-state index in [1.807, 2.05) is 23.6 Å². The van der Waals surface area contributed by atoms with Crippen molar-refractivity contribution in [2.45, 2.75) is 26.3 Å². The molecule has 0 saturated carbocycles. The van der Waals surface area contributed by atoms with Gasteiger partial charge in [-0.05, 0) is 36.3 Å². The second kappa shape index (κ2) is 6.12. The highest BCUT2D eigenvalue weighted by molar-refractivity contribution is 7.71. The molecule has 0 aliphatic rings. The van der Waals surface area contributed by atoms with Crippen LogP contribution in [-0.4, -0.2) is 15.3 Å². The number of carbonyl (C=O) groups excluding carboxylic acids is 1. The van der Waals surface area contributed by atoms with Gasteiger partial charge in [0.15, 0.2) is 10.6 Å². The van der Waals surface area contributed by atoms with Crippen LogP contribution in [0.2, 0.25) is 10.0 Å². The van der Waals surface area contributed by atoms with Gasteiger partial charge in [-0.2, -0.15) is 0 Å². The summed E-state index contributed by atoms with van der Waals surface area (Å²) in [5, 5.41) is 1.00. The Balaban J connectivity index is 2.58. The number of halogens is 2. The van der Waals surface area contributed by atoms with Gasteiger partial charge in [0, 0.05) is 13.1 Å². The number of carbonyl (C=O) groups is 1. The third kappa shape index (κ3) is 2.82. The van der Waals surface area contributed by atoms with Crippen LogP contribution in [0.3, 0.4) is 0 Å². The van der Waals surface area contributed by atoms with Crippen molar-refractivity contribution in [3.05, 3.63) is 50.5 Å². The van der Waals surface area contributed by atoms with Crippen LogP contribution in [0.15, 0.2) is 24.4 Å². The maximum atomic E-state index is 11.7. The fraction of sp³-hybridized carbons (Fsp3) is 0.286. The monoisotopic (exact) mass is 328 g/mol. The molecule has 1 atom stereocenters. The van der Waals surface area contributed by atoms with Crippen molar-refractivity contribution in [1.82, 2.24) is 9.55 Å². The Morgan fingerprint density at radius 1 is 1.40 bits per heavy atom. The summed E-state index contributed by atoms with van der Waals surface area (Å²) < 4.78 is 2.35. The van der Waals surface area contributed by atoms with E-state index in [0.717, 1.165) is 12.0 Å². The number of benzene rings is 1. The molecule has 106 valence electrons. The summed E-state index contributed by atoms with van der Waals surface area (Å²) in [6, 6.07) is 5.42. The number of hydrogen-bond donors (Lipinski definition) is 1. The molecule has 2 aromatic rings. The van der Waals surface area contributed by atoms with E-state index in [-0.39, 0.29) is 11.8 Å². The molecule has 1 unspecified atom stereocenters. The minimum Gasteiger partial charge on any atom is -0.337 e. The number of rotatable bonds is 4. The average Bonchev–Trinajstić information content (AvgIpc) is 2.77. The molecule has 2 rings (SSSR count). The second-order valence-electron chi connectivity index (χ2n) is 4.50. The predicted octanol–water partition coefficient (Wildman–Crippen LogP) is 5.05. The zero-order valence-electron chi connectivity index (χ0n) is 11.1. The van der Waals surface area contributed by atoms with Gasteiger partial charge in [0.2, 0.25) is 0 Å². The van der Waals surface area contributed by atoms with E-state index >= 15 is 0 Å². The Labute approximate surface area is 132 Å². The highest BCUT2D eigenvalue weighted by atomic mass is 35.5. The van der Waals surface area contributed by atoms with Gasteiger partial charge in [0.05, 0.1) is 16.1 Å². The number of H-pyrrole nitrogens is 1. The molecule has 0 aliphatic carbocycles. The summed E-state index contributed by atoms with van der Waals surface area (Å²) in [7, 11) is 0. The molecule has 0 spiro atoms. The lowest BCUT2D eigenvalue weighted by Gasteiger charge is -2.20. The minimum atomic E-state index is -0.0533. The van der Waals surface area contributed by atoms with E-state index in [1.54, 1.807) is 12.3 Å². The third-order valence-electron chi connectivity index (χ3n) is 3.20. The van der Waals surface area contributed by atoms with Gasteiger partial charge < -0.3 is 9.55 Å². The Morgan fingerprint density at radius 3 is 2.65 bits per heavy atom. The van der Waals surface area contributed by atoms with Gasteiger partial charge in [-0.15, -0.1) is 0 Å². The van der Waals surface area contributed by atoms with Gasteiger partial charge in [-0.1, -0.05) is 36.2 Å². The minimum absolute atomic E-state index is 0.0316. The van der Waals surface area contributed by atoms with Crippen LogP contribution in [0, 0.1) is 4.77 Å². The molecule has 1 N–H and O–H groups in total. The number of hydrogen-bond acceptors (Lipinski definition) is 2. The van der Waals surface area contributed by atoms with Crippen molar-refractivity contribution in [2.24, 2.45) is 0 Å². The number of nitrogens with one attached hydrogen (secondary N) is 1. The molecular formula is C14H14Cl2N2OS. The van der Waals surface area contributed by atoms with Crippen molar-refractivity contribution >= 4 is 41.2 Å². The molecule has 1 aromatic heterocycles. The van der Waals surface area contributed by atoms with Crippen molar-refractivity contribution in [3.63, 3.8) is 0 Å². The lowest BCUT2D eigenvalue weighted by molar-refractivity contribution is 0.100. The Kier molecular flexibility index (Phi) is 4.68. The lowest BCUT2D eigenvalue weighted by Crippen LogP contribution is -2.15. The van der Waals surface area contributed by atoms with Gasteiger partial charge in [0.25, 0.3) is 0 Å². The van der Waals surface area contributed by atoms with E-state index in [2.05, 4.69) is 4.98 Å². The number of imidazole rings is 1. The van der Waals surface area contributed by atoms with E-state index in [0.29, 0.717) is 20.5 Å². The summed E-state index contributed by atoms with van der Waals surface area (Å²) >= 11 is 17.3. The van der Waals surface area contributed by atoms with Crippen molar-refractivity contribution in [1.29, 1.82) is 0 Å². The highest BCUT2D eigenvalue weighted by Crippen LogP contribution is 2.30. The van der Waals surface area contributed by atoms with Crippen LogP contribution in [0.25, 0.3) is 0 Å². The highest BCUT2D eigenvalue weighted by Gasteiger charge is 2.19. The zero-order valence-corrected chi connectivity index (χ0v) is 13.4. The first-order valence-corrected chi connectivity index (χ1v) is 7.38. The summed E-state index contributed by atoms with van der Waals surface area (Å²) in [6.45, 7) is 3.56. The van der Waals surface area contributed by atoms with Crippen LogP contribution < -0.4 is 0 Å². The van der Waals surface area contributed by atoms with Crippen LogP contribution in [0.4, 0.5) is 0 Å². The fourth-order valence-corrected chi connectivity index (χ4v) is 2.84. The van der Waals surface area contributed by atoms with Crippen LogP contribution in [-0.2, 0) is 0 Å². The van der Waals surface area contributed by atoms with Gasteiger partial charge >= 0.3 is 0 Å². The molecule has 0 aliphatic heterocycles. The number of Topliss-reactive ketones (excluding diaryl/α,β-unsaturated/α-hetero) is 1. The molecule has 20 heavy (non-hydrogen) atoms. The Hall–Kier alpha value is -1.10. The molecule has 3 nitrogen and oxygen atoms in total. The van der Waals surface area contributed by atoms with E-state index < -0.39 is 0 Å². The SMILES string of the molecule is CCC(c1ccc(Cl)c(Cl)c1)n1c(C(C)=O)c[nH]c1=S. The third-order valence-corrected chi connectivity index (χ3v) is 4.25.